The second kappa shape index (κ2) is 9.31. The molecule has 1 unspecified atom stereocenters. The fourth-order valence-electron chi connectivity index (χ4n) is 4.06. The molecule has 4 heterocycles. The molecule has 1 aliphatic rings. The summed E-state index contributed by atoms with van der Waals surface area (Å²) in [6.07, 6.45) is 9.55. The van der Waals surface area contributed by atoms with Gasteiger partial charge in [-0.15, -0.1) is 0 Å². The van der Waals surface area contributed by atoms with Gasteiger partial charge in [0.05, 0.1) is 29.9 Å². The Kier molecular flexibility index (Phi) is 6.34. The van der Waals surface area contributed by atoms with E-state index in [0.29, 0.717) is 25.6 Å². The van der Waals surface area contributed by atoms with Crippen molar-refractivity contribution in [2.24, 2.45) is 0 Å². The molecule has 0 aromatic carbocycles. The van der Waals surface area contributed by atoms with Crippen molar-refractivity contribution < 1.29 is 9.53 Å². The minimum absolute atomic E-state index is 0.274. The van der Waals surface area contributed by atoms with Crippen LogP contribution in [0.25, 0.3) is 22.1 Å². The number of amides is 1. The molecule has 0 radical (unpaired) electrons. The number of morpholine rings is 1. The van der Waals surface area contributed by atoms with Crippen LogP contribution in [0.2, 0.25) is 0 Å². The van der Waals surface area contributed by atoms with Gasteiger partial charge in [-0.3, -0.25) is 4.79 Å². The van der Waals surface area contributed by atoms with E-state index >= 15 is 0 Å². The van der Waals surface area contributed by atoms with Gasteiger partial charge in [-0.2, -0.15) is 0 Å². The van der Waals surface area contributed by atoms with Crippen molar-refractivity contribution >= 4 is 28.0 Å². The van der Waals surface area contributed by atoms with E-state index in [-0.39, 0.29) is 5.91 Å². The zero-order valence-electron chi connectivity index (χ0n) is 17.1. The summed E-state index contributed by atoms with van der Waals surface area (Å²) >= 11 is 0. The van der Waals surface area contributed by atoms with E-state index in [2.05, 4.69) is 21.9 Å². The van der Waals surface area contributed by atoms with Gasteiger partial charge in [0.1, 0.15) is 17.4 Å². The van der Waals surface area contributed by atoms with Crippen LogP contribution in [0, 0.1) is 0 Å². The van der Waals surface area contributed by atoms with E-state index in [0.717, 1.165) is 73.0 Å². The quantitative estimate of drug-likeness (QED) is 0.586. The van der Waals surface area contributed by atoms with Crippen LogP contribution in [0.15, 0.2) is 24.7 Å². The highest BCUT2D eigenvalue weighted by molar-refractivity contribution is 6.00. The lowest BCUT2D eigenvalue weighted by Gasteiger charge is -2.26. The summed E-state index contributed by atoms with van der Waals surface area (Å²) in [5.41, 5.74) is 4.72. The second-order valence-electron chi connectivity index (χ2n) is 7.85. The van der Waals surface area contributed by atoms with Gasteiger partial charge >= 0.3 is 0 Å². The molecule has 1 aliphatic heterocycles. The van der Waals surface area contributed by atoms with E-state index in [9.17, 15) is 4.79 Å². The van der Waals surface area contributed by atoms with Gasteiger partial charge in [-0.1, -0.05) is 26.2 Å². The number of ether oxygens (including phenoxy) is 1. The average molecular weight is 396 g/mol. The molecule has 154 valence electrons. The first kappa shape index (κ1) is 19.8. The Hall–Kier alpha value is -2.54. The third kappa shape index (κ3) is 4.56. The van der Waals surface area contributed by atoms with Crippen molar-refractivity contribution in [3.8, 4) is 0 Å². The Morgan fingerprint density at radius 2 is 1.97 bits per heavy atom. The van der Waals surface area contributed by atoms with Gasteiger partial charge in [-0.25, -0.2) is 15.0 Å². The molecule has 7 nitrogen and oxygen atoms in total. The van der Waals surface area contributed by atoms with Crippen molar-refractivity contribution in [1.29, 1.82) is 0 Å². The molecular formula is C22H29N5O2. The van der Waals surface area contributed by atoms with E-state index in [1.54, 1.807) is 6.33 Å². The minimum atomic E-state index is 0.274. The molecule has 7 heteroatoms. The third-order valence-corrected chi connectivity index (χ3v) is 5.76. The lowest BCUT2D eigenvalue weighted by molar-refractivity contribution is -0.135. The van der Waals surface area contributed by atoms with Crippen LogP contribution in [-0.2, 0) is 9.53 Å². The summed E-state index contributed by atoms with van der Waals surface area (Å²) in [6, 6.07) is 3.98. The number of carbonyl (C=O) groups is 1. The van der Waals surface area contributed by atoms with Crippen LogP contribution in [0.4, 0.5) is 0 Å². The maximum Gasteiger partial charge on any atom is 0.222 e. The number of nitrogens with zero attached hydrogens (tertiary/aromatic N) is 4. The molecule has 3 aromatic heterocycles. The minimum Gasteiger partial charge on any atom is -0.378 e. The summed E-state index contributed by atoms with van der Waals surface area (Å²) < 4.78 is 5.30. The number of hydrogen-bond acceptors (Lipinski definition) is 5. The van der Waals surface area contributed by atoms with Gasteiger partial charge < -0.3 is 14.6 Å². The number of aromatic amines is 1. The van der Waals surface area contributed by atoms with Crippen LogP contribution in [0.3, 0.4) is 0 Å². The van der Waals surface area contributed by atoms with Crippen molar-refractivity contribution in [2.75, 3.05) is 26.3 Å². The smallest absolute Gasteiger partial charge is 0.222 e. The number of H-pyrrole nitrogens is 1. The highest BCUT2D eigenvalue weighted by Gasteiger charge is 2.18. The maximum absolute atomic E-state index is 12.2. The molecule has 1 saturated heterocycles. The van der Waals surface area contributed by atoms with E-state index in [4.69, 9.17) is 9.72 Å². The molecule has 4 rings (SSSR count). The van der Waals surface area contributed by atoms with Gasteiger partial charge in [-0.05, 0) is 25.0 Å². The first-order valence-corrected chi connectivity index (χ1v) is 10.7. The van der Waals surface area contributed by atoms with Gasteiger partial charge in [0.25, 0.3) is 0 Å². The van der Waals surface area contributed by atoms with Crippen molar-refractivity contribution in [2.45, 2.75) is 51.4 Å². The Morgan fingerprint density at radius 1 is 1.17 bits per heavy atom. The summed E-state index contributed by atoms with van der Waals surface area (Å²) in [7, 11) is 0. The lowest BCUT2D eigenvalue weighted by Crippen LogP contribution is -2.40. The maximum atomic E-state index is 12.2. The molecule has 0 bridgehead atoms. The Bertz CT molecular complexity index is 964. The molecule has 1 fully saturated rings. The number of rotatable bonds is 8. The molecule has 0 spiro atoms. The summed E-state index contributed by atoms with van der Waals surface area (Å²) in [5.74, 6) is 0.602. The summed E-state index contributed by atoms with van der Waals surface area (Å²) in [6.45, 7) is 5.05. The monoisotopic (exact) mass is 395 g/mol. The van der Waals surface area contributed by atoms with Gasteiger partial charge in [0.15, 0.2) is 0 Å². The van der Waals surface area contributed by atoms with Crippen LogP contribution in [0.1, 0.15) is 57.1 Å². The second-order valence-corrected chi connectivity index (χ2v) is 7.85. The number of hydrogen-bond donors (Lipinski definition) is 1. The number of fused-ring (bicyclic) bond motifs is 3. The summed E-state index contributed by atoms with van der Waals surface area (Å²) in [5, 5.41) is 0. The van der Waals surface area contributed by atoms with Gasteiger partial charge in [0.2, 0.25) is 5.91 Å². The number of unbranched alkanes of at least 4 members (excludes halogenated alkanes) is 3. The van der Waals surface area contributed by atoms with Crippen LogP contribution in [0.5, 0.6) is 0 Å². The van der Waals surface area contributed by atoms with E-state index < -0.39 is 0 Å². The van der Waals surface area contributed by atoms with Crippen LogP contribution < -0.4 is 0 Å². The van der Waals surface area contributed by atoms with Crippen LogP contribution >= 0.6 is 0 Å². The highest BCUT2D eigenvalue weighted by atomic mass is 16.5. The largest absolute Gasteiger partial charge is 0.378 e. The molecule has 1 N–H and O–H groups in total. The van der Waals surface area contributed by atoms with E-state index in [1.165, 1.54) is 0 Å². The SMILES string of the molecule is CC(CCCCCCC(=O)N1CCOCC1)c1nc2ccc[nH]c2c2ncnc12. The number of carbonyl (C=O) groups excluding carboxylic acids is 1. The van der Waals surface area contributed by atoms with Crippen molar-refractivity contribution in [1.82, 2.24) is 24.8 Å². The number of pyridine rings is 2. The van der Waals surface area contributed by atoms with Crippen molar-refractivity contribution in [3.05, 3.63) is 30.4 Å². The zero-order chi connectivity index (χ0) is 20.1. The predicted octanol–water partition coefficient (Wildman–Crippen LogP) is 3.81. The fourth-order valence-corrected chi connectivity index (χ4v) is 4.06. The summed E-state index contributed by atoms with van der Waals surface area (Å²) in [4.78, 5) is 31.1. The highest BCUT2D eigenvalue weighted by Crippen LogP contribution is 2.29. The van der Waals surface area contributed by atoms with Crippen LogP contribution in [-0.4, -0.2) is 57.0 Å². The number of nitrogens with one attached hydrogen (secondary N) is 1. The number of aromatic nitrogens is 4. The van der Waals surface area contributed by atoms with E-state index in [1.807, 2.05) is 23.2 Å². The lowest BCUT2D eigenvalue weighted by atomic mass is 9.97. The molecular weight excluding hydrogens is 366 g/mol. The van der Waals surface area contributed by atoms with Crippen molar-refractivity contribution in [3.63, 3.8) is 0 Å². The molecule has 29 heavy (non-hydrogen) atoms. The Balaban J connectivity index is 1.26. The molecule has 3 aromatic rings. The molecule has 0 aliphatic carbocycles. The van der Waals surface area contributed by atoms with Gasteiger partial charge in [0, 0.05) is 31.6 Å². The normalized spacial score (nSPS) is 15.8. The predicted molar refractivity (Wildman–Crippen MR) is 113 cm³/mol. The average Bonchev–Trinajstić information content (AvgIpc) is 3.26. The first-order valence-electron chi connectivity index (χ1n) is 10.7. The standard InChI is InChI=1S/C22H29N5O2/c1-16(7-4-2-3-5-9-18(28)27-11-13-29-14-12-27)19-21-22(25-15-24-21)20-17(26-19)8-6-10-23-20/h6,8,10,15-16,23H,2-5,7,9,11-14H2,1H3. The number of imidazole rings is 1. The Labute approximate surface area is 170 Å². The Morgan fingerprint density at radius 3 is 2.83 bits per heavy atom. The topological polar surface area (TPSA) is 84.0 Å². The molecule has 0 saturated carbocycles. The molecule has 1 atom stereocenters. The fraction of sp³-hybridized carbons (Fsp3) is 0.545. The molecule has 1 amide bonds. The zero-order valence-corrected chi connectivity index (χ0v) is 17.1. The third-order valence-electron chi connectivity index (χ3n) is 5.76. The first-order chi connectivity index (χ1) is 14.2.